The van der Waals surface area contributed by atoms with Gasteiger partial charge in [0.2, 0.25) is 0 Å². The lowest BCUT2D eigenvalue weighted by molar-refractivity contribution is 0.631. The molecular formula is C38H29N3. The third-order valence-corrected chi connectivity index (χ3v) is 8.33. The average molecular weight is 528 g/mol. The second-order valence-corrected chi connectivity index (χ2v) is 10.9. The van der Waals surface area contributed by atoms with Gasteiger partial charge in [0.1, 0.15) is 5.82 Å². The Kier molecular flexibility index (Phi) is 5.49. The summed E-state index contributed by atoms with van der Waals surface area (Å²) >= 11 is 0. The molecule has 0 N–H and O–H groups in total. The number of benzene rings is 5. The van der Waals surface area contributed by atoms with Gasteiger partial charge < -0.3 is 9.13 Å². The van der Waals surface area contributed by atoms with Crippen LogP contribution in [-0.4, -0.2) is 14.1 Å². The molecule has 0 aliphatic heterocycles. The van der Waals surface area contributed by atoms with Crippen LogP contribution in [-0.2, 0) is 0 Å². The number of rotatable bonds is 4. The van der Waals surface area contributed by atoms with Crippen LogP contribution in [0.15, 0.2) is 140 Å². The summed E-state index contributed by atoms with van der Waals surface area (Å²) in [6.07, 6.45) is 9.76. The fraction of sp³-hybridized carbons (Fsp3) is 0.0789. The number of para-hydroxylation sites is 3. The summed E-state index contributed by atoms with van der Waals surface area (Å²) in [4.78, 5) is 5.21. The molecule has 1 unspecified atom stereocenters. The van der Waals surface area contributed by atoms with E-state index in [2.05, 4.69) is 156 Å². The zero-order chi connectivity index (χ0) is 27.3. The molecule has 1 aliphatic rings. The molecule has 8 rings (SSSR count). The summed E-state index contributed by atoms with van der Waals surface area (Å²) in [6, 6.07) is 41.8. The van der Waals surface area contributed by atoms with Gasteiger partial charge in [0.05, 0.1) is 28.1 Å². The number of nitrogens with zero attached hydrogens (tertiary/aromatic N) is 3. The fourth-order valence-corrected chi connectivity index (χ4v) is 6.37. The van der Waals surface area contributed by atoms with Crippen molar-refractivity contribution in [1.82, 2.24) is 14.1 Å². The summed E-state index contributed by atoms with van der Waals surface area (Å²) in [5, 5.41) is 2.51. The molecule has 0 fully saturated rings. The zero-order valence-electron chi connectivity index (χ0n) is 22.9. The smallest absolute Gasteiger partial charge is 0.142 e. The molecule has 2 heterocycles. The minimum absolute atomic E-state index is 0.227. The van der Waals surface area contributed by atoms with E-state index in [4.69, 9.17) is 4.98 Å². The Morgan fingerprint density at radius 1 is 0.659 bits per heavy atom. The van der Waals surface area contributed by atoms with Crippen LogP contribution in [0, 0.1) is 6.92 Å². The van der Waals surface area contributed by atoms with Gasteiger partial charge in [-0.3, -0.25) is 0 Å². The van der Waals surface area contributed by atoms with E-state index >= 15 is 0 Å². The molecule has 0 bridgehead atoms. The molecule has 0 saturated heterocycles. The molecule has 41 heavy (non-hydrogen) atoms. The number of hydrogen-bond acceptors (Lipinski definition) is 1. The molecule has 7 aromatic rings. The predicted molar refractivity (Wildman–Crippen MR) is 172 cm³/mol. The Morgan fingerprint density at radius 2 is 1.39 bits per heavy atom. The molecule has 3 heteroatoms. The van der Waals surface area contributed by atoms with Crippen molar-refractivity contribution < 1.29 is 0 Å². The minimum atomic E-state index is 0.227. The van der Waals surface area contributed by atoms with Gasteiger partial charge in [-0.2, -0.15) is 0 Å². The first-order chi connectivity index (χ1) is 20.3. The second-order valence-electron chi connectivity index (χ2n) is 10.9. The van der Waals surface area contributed by atoms with Crippen LogP contribution in [0.5, 0.6) is 0 Å². The quantitative estimate of drug-likeness (QED) is 0.223. The van der Waals surface area contributed by atoms with Crippen LogP contribution in [0.2, 0.25) is 0 Å². The maximum Gasteiger partial charge on any atom is 0.142 e. The summed E-state index contributed by atoms with van der Waals surface area (Å²) < 4.78 is 4.79. The number of aryl methyl sites for hydroxylation is 1. The van der Waals surface area contributed by atoms with Crippen molar-refractivity contribution in [3.05, 3.63) is 145 Å². The van der Waals surface area contributed by atoms with Crippen molar-refractivity contribution in [1.29, 1.82) is 0 Å². The van der Waals surface area contributed by atoms with E-state index in [-0.39, 0.29) is 6.04 Å². The van der Waals surface area contributed by atoms with Crippen LogP contribution >= 0.6 is 0 Å². The van der Waals surface area contributed by atoms with Crippen LogP contribution in [0.3, 0.4) is 0 Å². The molecular weight excluding hydrogens is 498 g/mol. The predicted octanol–water partition coefficient (Wildman–Crippen LogP) is 9.83. The highest BCUT2D eigenvalue weighted by molar-refractivity contribution is 6.10. The van der Waals surface area contributed by atoms with Crippen molar-refractivity contribution >= 4 is 32.8 Å². The summed E-state index contributed by atoms with van der Waals surface area (Å²) in [5.74, 6) is 1.01. The Morgan fingerprint density at radius 3 is 2.22 bits per heavy atom. The van der Waals surface area contributed by atoms with Crippen LogP contribution in [0.1, 0.15) is 18.0 Å². The van der Waals surface area contributed by atoms with Gasteiger partial charge in [-0.1, -0.05) is 103 Å². The molecule has 5 aromatic carbocycles. The molecule has 0 spiro atoms. The Bertz CT molecular complexity index is 2140. The summed E-state index contributed by atoms with van der Waals surface area (Å²) in [5.41, 5.74) is 10.6. The van der Waals surface area contributed by atoms with Gasteiger partial charge in [0.25, 0.3) is 0 Å². The van der Waals surface area contributed by atoms with Crippen molar-refractivity contribution in [2.24, 2.45) is 0 Å². The van der Waals surface area contributed by atoms with Crippen molar-refractivity contribution in [3.63, 3.8) is 0 Å². The van der Waals surface area contributed by atoms with Gasteiger partial charge in [0.15, 0.2) is 0 Å². The van der Waals surface area contributed by atoms with Crippen LogP contribution in [0.25, 0.3) is 61.0 Å². The normalized spacial score (nSPS) is 14.9. The van der Waals surface area contributed by atoms with Gasteiger partial charge in [-0.15, -0.1) is 0 Å². The van der Waals surface area contributed by atoms with E-state index < -0.39 is 0 Å². The molecule has 196 valence electrons. The molecule has 1 atom stereocenters. The van der Waals surface area contributed by atoms with Crippen molar-refractivity contribution in [2.75, 3.05) is 0 Å². The Labute approximate surface area is 239 Å². The molecule has 0 amide bonds. The first-order valence-electron chi connectivity index (χ1n) is 14.3. The first-order valence-corrected chi connectivity index (χ1v) is 14.3. The number of aromatic nitrogens is 3. The topological polar surface area (TPSA) is 22.8 Å². The first kappa shape index (κ1) is 23.7. The highest BCUT2D eigenvalue weighted by Gasteiger charge is 2.21. The lowest BCUT2D eigenvalue weighted by Crippen LogP contribution is -2.09. The van der Waals surface area contributed by atoms with Crippen molar-refractivity contribution in [3.8, 4) is 28.2 Å². The van der Waals surface area contributed by atoms with Crippen LogP contribution < -0.4 is 0 Å². The second kappa shape index (κ2) is 9.50. The Hall–Kier alpha value is -5.15. The maximum atomic E-state index is 5.21. The largest absolute Gasteiger partial charge is 0.317 e. The van der Waals surface area contributed by atoms with Gasteiger partial charge in [-0.25, -0.2) is 4.98 Å². The molecule has 2 aromatic heterocycles. The summed E-state index contributed by atoms with van der Waals surface area (Å²) in [7, 11) is 0. The molecule has 3 nitrogen and oxygen atoms in total. The number of hydrogen-bond donors (Lipinski definition) is 0. The standard InChI is InChI=1S/C38H29N3/c1-26-19-22-29(23-20-26)40-35-17-9-7-14-31(35)33-25-27(21-24-36(33)40)30-13-5-6-15-32(30)38-39-34-16-8-10-18-37(34)41(38)28-11-3-2-4-12-28/h2-11,13-25,28H,12H2,1H3. The zero-order valence-corrected chi connectivity index (χ0v) is 22.9. The third-order valence-electron chi connectivity index (χ3n) is 8.33. The maximum absolute atomic E-state index is 5.21. The monoisotopic (exact) mass is 527 g/mol. The molecule has 0 radical (unpaired) electrons. The molecule has 1 aliphatic carbocycles. The third kappa shape index (κ3) is 3.85. The molecule has 0 saturated carbocycles. The minimum Gasteiger partial charge on any atom is -0.317 e. The van der Waals surface area contributed by atoms with E-state index in [0.29, 0.717) is 0 Å². The number of imidazole rings is 1. The van der Waals surface area contributed by atoms with Gasteiger partial charge in [-0.05, 0) is 66.9 Å². The fourth-order valence-electron chi connectivity index (χ4n) is 6.37. The number of fused-ring (bicyclic) bond motifs is 4. The highest BCUT2D eigenvalue weighted by Crippen LogP contribution is 2.40. The van der Waals surface area contributed by atoms with Gasteiger partial charge >= 0.3 is 0 Å². The SMILES string of the molecule is Cc1ccc(-n2c3ccccc3c3cc(-c4ccccc4-c4nc5ccccc5n4C4C=CC=CC4)ccc32)cc1. The van der Waals surface area contributed by atoms with E-state index in [1.54, 1.807) is 0 Å². The van der Waals surface area contributed by atoms with E-state index in [1.165, 1.54) is 49.7 Å². The Balaban J connectivity index is 1.35. The van der Waals surface area contributed by atoms with Crippen molar-refractivity contribution in [2.45, 2.75) is 19.4 Å². The highest BCUT2D eigenvalue weighted by atomic mass is 15.1. The number of allylic oxidation sites excluding steroid dienone is 4. The average Bonchev–Trinajstić information content (AvgIpc) is 3.58. The lowest BCUT2D eigenvalue weighted by atomic mass is 9.97. The van der Waals surface area contributed by atoms with E-state index in [0.717, 1.165) is 23.3 Å². The summed E-state index contributed by atoms with van der Waals surface area (Å²) in [6.45, 7) is 2.13. The van der Waals surface area contributed by atoms with Gasteiger partial charge in [0, 0.05) is 22.0 Å². The van der Waals surface area contributed by atoms with E-state index in [1.807, 2.05) is 0 Å². The van der Waals surface area contributed by atoms with E-state index in [9.17, 15) is 0 Å². The van der Waals surface area contributed by atoms with Crippen LogP contribution in [0.4, 0.5) is 0 Å². The lowest BCUT2D eigenvalue weighted by Gasteiger charge is -2.20.